The minimum Gasteiger partial charge on any atom is -0.453 e. The number of H-pyrrole nitrogens is 1. The third kappa shape index (κ3) is 6.44. The van der Waals surface area contributed by atoms with E-state index in [1.165, 1.54) is 48.7 Å². The van der Waals surface area contributed by atoms with Crippen molar-refractivity contribution in [2.75, 3.05) is 19.0 Å². The average molecular weight is 589 g/mol. The Bertz CT molecular complexity index is 1840. The molecule has 10 nitrogen and oxygen atoms in total. The van der Waals surface area contributed by atoms with Crippen LogP contribution in [0.5, 0.6) is 11.5 Å². The Morgan fingerprint density at radius 3 is 2.51 bits per heavy atom. The normalized spacial score (nSPS) is 12.1. The number of aromatic amines is 1. The van der Waals surface area contributed by atoms with Crippen molar-refractivity contribution in [3.63, 3.8) is 0 Å². The molecule has 0 aliphatic rings. The zero-order chi connectivity index (χ0) is 30.7. The number of hydrogen-bond acceptors (Lipinski definition) is 8. The fourth-order valence-electron chi connectivity index (χ4n) is 4.53. The summed E-state index contributed by atoms with van der Waals surface area (Å²) in [5.74, 6) is -1.01. The van der Waals surface area contributed by atoms with Gasteiger partial charge in [-0.15, -0.1) is 0 Å². The Balaban J connectivity index is 1.40. The van der Waals surface area contributed by atoms with E-state index in [1.54, 1.807) is 19.2 Å². The fraction of sp³-hybridized carbons (Fsp3) is 0.258. The first-order valence-electron chi connectivity index (χ1n) is 13.6. The lowest BCUT2D eigenvalue weighted by Crippen LogP contribution is -2.29. The number of rotatable bonds is 11. The molecule has 12 heteroatoms. The van der Waals surface area contributed by atoms with Gasteiger partial charge in [0.2, 0.25) is 0 Å². The van der Waals surface area contributed by atoms with Crippen LogP contribution in [0, 0.1) is 11.6 Å². The van der Waals surface area contributed by atoms with E-state index >= 15 is 4.39 Å². The van der Waals surface area contributed by atoms with Crippen LogP contribution in [-0.4, -0.2) is 50.5 Å². The Labute approximate surface area is 245 Å². The second-order valence-electron chi connectivity index (χ2n) is 10.4. The van der Waals surface area contributed by atoms with E-state index in [-0.39, 0.29) is 29.7 Å². The summed E-state index contributed by atoms with van der Waals surface area (Å²) in [5.41, 5.74) is 0.902. The lowest BCUT2D eigenvalue weighted by molar-refractivity contribution is 0.0990. The average Bonchev–Trinajstić information content (AvgIpc) is 3.38. The van der Waals surface area contributed by atoms with Crippen LogP contribution in [0.25, 0.3) is 16.7 Å². The van der Waals surface area contributed by atoms with Gasteiger partial charge in [-0.1, -0.05) is 19.9 Å². The molecule has 0 fully saturated rings. The van der Waals surface area contributed by atoms with E-state index in [1.807, 2.05) is 20.8 Å². The molecule has 5 rings (SSSR count). The number of Topliss-reactive ketones (excluding diaryl/α,β-unsaturated/α-hetero) is 1. The van der Waals surface area contributed by atoms with E-state index in [9.17, 15) is 14.0 Å². The van der Waals surface area contributed by atoms with Crippen molar-refractivity contribution in [1.29, 1.82) is 0 Å². The zero-order valence-electron chi connectivity index (χ0n) is 24.0. The van der Waals surface area contributed by atoms with Crippen molar-refractivity contribution >= 4 is 22.6 Å². The molecule has 0 spiro atoms. The van der Waals surface area contributed by atoms with Crippen molar-refractivity contribution in [3.8, 4) is 17.2 Å². The molecule has 0 bridgehead atoms. The third-order valence-corrected chi connectivity index (χ3v) is 6.70. The van der Waals surface area contributed by atoms with Gasteiger partial charge in [-0.25, -0.2) is 13.8 Å². The summed E-state index contributed by atoms with van der Waals surface area (Å²) < 4.78 is 40.9. The first kappa shape index (κ1) is 29.5. The highest BCUT2D eigenvalue weighted by Gasteiger charge is 2.20. The number of anilines is 1. The molecule has 0 radical (unpaired) electrons. The van der Waals surface area contributed by atoms with Crippen LogP contribution >= 0.6 is 0 Å². The van der Waals surface area contributed by atoms with Crippen LogP contribution in [0.1, 0.15) is 48.3 Å². The highest BCUT2D eigenvalue weighted by molar-refractivity contribution is 5.97. The molecule has 43 heavy (non-hydrogen) atoms. The summed E-state index contributed by atoms with van der Waals surface area (Å²) >= 11 is 0. The Morgan fingerprint density at radius 2 is 1.81 bits per heavy atom. The third-order valence-electron chi connectivity index (χ3n) is 6.70. The number of hydrogen-bond donors (Lipinski definition) is 2. The van der Waals surface area contributed by atoms with Gasteiger partial charge < -0.3 is 14.8 Å². The van der Waals surface area contributed by atoms with Crippen LogP contribution < -0.4 is 15.6 Å². The van der Waals surface area contributed by atoms with Crippen LogP contribution in [0.3, 0.4) is 0 Å². The monoisotopic (exact) mass is 588 g/mol. The molecule has 0 amide bonds. The van der Waals surface area contributed by atoms with E-state index in [0.29, 0.717) is 46.2 Å². The predicted molar refractivity (Wildman–Crippen MR) is 157 cm³/mol. The Morgan fingerprint density at radius 1 is 1.05 bits per heavy atom. The number of ketones is 1. The van der Waals surface area contributed by atoms with Crippen molar-refractivity contribution < 1.29 is 23.0 Å². The van der Waals surface area contributed by atoms with Gasteiger partial charge in [0.1, 0.15) is 17.0 Å². The SMILES string of the molecule is COC[C@@H](C)Nc1n[nH]c2nccc(Oc3ccc(CC(=O)c4cc(C(C)C)nn(-c5ccc(F)cc5)c4=O)cc3F)c12. The number of benzene rings is 2. The number of aromatic nitrogens is 5. The largest absolute Gasteiger partial charge is 0.453 e. The van der Waals surface area contributed by atoms with E-state index in [0.717, 1.165) is 4.68 Å². The van der Waals surface area contributed by atoms with Gasteiger partial charge in [0.15, 0.2) is 28.8 Å². The number of pyridine rings is 1. The number of fused-ring (bicyclic) bond motifs is 1. The fourth-order valence-corrected chi connectivity index (χ4v) is 4.53. The quantitative estimate of drug-likeness (QED) is 0.192. The number of nitrogens with one attached hydrogen (secondary N) is 2. The molecule has 3 heterocycles. The molecule has 0 aliphatic heterocycles. The van der Waals surface area contributed by atoms with Gasteiger partial charge in [-0.05, 0) is 60.9 Å². The second-order valence-corrected chi connectivity index (χ2v) is 10.4. The summed E-state index contributed by atoms with van der Waals surface area (Å²) in [4.78, 5) is 30.9. The minimum atomic E-state index is -0.692. The molecule has 2 N–H and O–H groups in total. The molecule has 5 aromatic rings. The molecule has 2 aromatic carbocycles. The molecule has 222 valence electrons. The molecule has 0 saturated heterocycles. The second kappa shape index (κ2) is 12.5. The molecule has 0 unspecified atom stereocenters. The zero-order valence-corrected chi connectivity index (χ0v) is 24.0. The maximum atomic E-state index is 15.3. The molecule has 1 atom stereocenters. The highest BCUT2D eigenvalue weighted by Crippen LogP contribution is 2.34. The number of halogens is 2. The van der Waals surface area contributed by atoms with E-state index < -0.39 is 23.0 Å². The maximum Gasteiger partial charge on any atom is 0.282 e. The van der Waals surface area contributed by atoms with E-state index in [2.05, 4.69) is 25.6 Å². The van der Waals surface area contributed by atoms with Gasteiger partial charge in [0.25, 0.3) is 5.56 Å². The number of carbonyl (C=O) groups excluding carboxylic acids is 1. The first-order chi connectivity index (χ1) is 20.6. The van der Waals surface area contributed by atoms with Gasteiger partial charge in [0, 0.05) is 31.8 Å². The lowest BCUT2D eigenvalue weighted by atomic mass is 10.0. The van der Waals surface area contributed by atoms with Crippen LogP contribution in [-0.2, 0) is 11.2 Å². The van der Waals surface area contributed by atoms with Gasteiger partial charge >= 0.3 is 0 Å². The minimum absolute atomic E-state index is 0.0602. The van der Waals surface area contributed by atoms with Gasteiger partial charge in [0.05, 0.1) is 23.6 Å². The summed E-state index contributed by atoms with van der Waals surface area (Å²) in [6.07, 6.45) is 1.28. The molecular weight excluding hydrogens is 558 g/mol. The topological polar surface area (TPSA) is 124 Å². The first-order valence-corrected chi connectivity index (χ1v) is 13.6. The number of carbonyl (C=O) groups is 1. The van der Waals surface area contributed by atoms with Crippen LogP contribution in [0.15, 0.2) is 65.6 Å². The summed E-state index contributed by atoms with van der Waals surface area (Å²) in [7, 11) is 1.60. The summed E-state index contributed by atoms with van der Waals surface area (Å²) in [5, 5.41) is 15.2. The maximum absolute atomic E-state index is 15.3. The predicted octanol–water partition coefficient (Wildman–Crippen LogP) is 5.57. The summed E-state index contributed by atoms with van der Waals surface area (Å²) in [6.45, 7) is 6.12. The molecule has 3 aromatic heterocycles. The smallest absolute Gasteiger partial charge is 0.282 e. The van der Waals surface area contributed by atoms with Crippen LogP contribution in [0.2, 0.25) is 0 Å². The lowest BCUT2D eigenvalue weighted by Gasteiger charge is -2.14. The standard InChI is InChI=1S/C31H30F2N6O4/c1-17(2)24-15-22(31(41)39(38-24)21-8-6-20(32)7-9-21)25(40)14-19-5-10-26(23(33)13-19)43-27-11-12-34-29-28(27)30(37-36-29)35-18(3)16-42-4/h5-13,15,17-18H,14,16H2,1-4H3,(H2,34,35,36,37)/t18-/m1/s1. The number of methoxy groups -OCH3 is 1. The number of ether oxygens (including phenoxy) is 2. The molecule has 0 aliphatic carbocycles. The Kier molecular flexibility index (Phi) is 8.58. The Hall–Kier alpha value is -4.97. The van der Waals surface area contributed by atoms with Crippen LogP contribution in [0.4, 0.5) is 14.6 Å². The van der Waals surface area contributed by atoms with Crippen molar-refractivity contribution in [2.45, 2.75) is 39.2 Å². The number of nitrogens with zero attached hydrogens (tertiary/aromatic N) is 4. The molecule has 0 saturated carbocycles. The van der Waals surface area contributed by atoms with Crippen molar-refractivity contribution in [3.05, 3.63) is 99.6 Å². The van der Waals surface area contributed by atoms with Crippen molar-refractivity contribution in [1.82, 2.24) is 25.0 Å². The highest BCUT2D eigenvalue weighted by atomic mass is 19.1. The van der Waals surface area contributed by atoms with E-state index in [4.69, 9.17) is 9.47 Å². The summed E-state index contributed by atoms with van der Waals surface area (Å²) in [6, 6.07) is 12.4. The van der Waals surface area contributed by atoms with Gasteiger partial charge in [-0.2, -0.15) is 14.9 Å². The van der Waals surface area contributed by atoms with Gasteiger partial charge in [-0.3, -0.25) is 14.7 Å². The van der Waals surface area contributed by atoms with Crippen molar-refractivity contribution in [2.24, 2.45) is 0 Å². The molecular formula is C31H30F2N6O4.